The zero-order chi connectivity index (χ0) is 13.9. The number of nitrogens with one attached hydrogen (secondary N) is 1. The highest BCUT2D eigenvalue weighted by molar-refractivity contribution is 7.10. The minimum atomic E-state index is 0.414. The van der Waals surface area contributed by atoms with Crippen LogP contribution in [0.25, 0.3) is 0 Å². The van der Waals surface area contributed by atoms with Gasteiger partial charge < -0.3 is 5.32 Å². The van der Waals surface area contributed by atoms with Crippen LogP contribution >= 0.6 is 11.3 Å². The molecule has 2 aromatic rings. The first-order chi connectivity index (χ1) is 9.77. The first-order valence-electron chi connectivity index (χ1n) is 7.31. The Morgan fingerprint density at radius 1 is 1.10 bits per heavy atom. The van der Waals surface area contributed by atoms with Gasteiger partial charge in [-0.1, -0.05) is 24.3 Å². The maximum absolute atomic E-state index is 3.45. The molecule has 1 fully saturated rings. The van der Waals surface area contributed by atoms with Gasteiger partial charge in [-0.2, -0.15) is 0 Å². The molecule has 2 heterocycles. The second kappa shape index (κ2) is 6.08. The maximum Gasteiger partial charge on any atom is 0.0699 e. The second-order valence-electron chi connectivity index (χ2n) is 5.49. The van der Waals surface area contributed by atoms with E-state index in [4.69, 9.17) is 0 Å². The number of nitrogens with zero attached hydrogens (tertiary/aromatic N) is 1. The average molecular weight is 286 g/mol. The summed E-state index contributed by atoms with van der Waals surface area (Å²) in [6, 6.07) is 11.6. The van der Waals surface area contributed by atoms with E-state index in [1.54, 1.807) is 0 Å². The maximum atomic E-state index is 3.45. The quantitative estimate of drug-likeness (QED) is 0.931. The van der Waals surface area contributed by atoms with Crippen molar-refractivity contribution in [2.75, 3.05) is 26.2 Å². The lowest BCUT2D eigenvalue weighted by molar-refractivity contribution is 0.200. The molecule has 2 nitrogen and oxygen atoms in total. The van der Waals surface area contributed by atoms with Crippen molar-refractivity contribution in [3.63, 3.8) is 0 Å². The molecule has 0 spiro atoms. The molecule has 1 aliphatic rings. The minimum absolute atomic E-state index is 0.414. The summed E-state index contributed by atoms with van der Waals surface area (Å²) in [4.78, 5) is 4.07. The molecule has 0 saturated carbocycles. The predicted molar refractivity (Wildman–Crippen MR) is 86.5 cm³/mol. The molecule has 3 rings (SSSR count). The fourth-order valence-corrected chi connectivity index (χ4v) is 3.86. The number of thiophene rings is 1. The van der Waals surface area contributed by atoms with Gasteiger partial charge in [-0.05, 0) is 42.0 Å². The van der Waals surface area contributed by atoms with E-state index in [1.807, 2.05) is 11.3 Å². The Hall–Kier alpha value is -1.16. The lowest BCUT2D eigenvalue weighted by Gasteiger charge is -2.35. The van der Waals surface area contributed by atoms with Gasteiger partial charge >= 0.3 is 0 Å². The van der Waals surface area contributed by atoms with Crippen molar-refractivity contribution < 1.29 is 0 Å². The van der Waals surface area contributed by atoms with Crippen LogP contribution in [0.4, 0.5) is 0 Å². The zero-order valence-electron chi connectivity index (χ0n) is 12.2. The van der Waals surface area contributed by atoms with Gasteiger partial charge in [-0.15, -0.1) is 11.3 Å². The van der Waals surface area contributed by atoms with E-state index < -0.39 is 0 Å². The molecule has 0 amide bonds. The van der Waals surface area contributed by atoms with Crippen molar-refractivity contribution in [2.45, 2.75) is 19.9 Å². The van der Waals surface area contributed by atoms with E-state index in [9.17, 15) is 0 Å². The van der Waals surface area contributed by atoms with Gasteiger partial charge in [0.1, 0.15) is 0 Å². The van der Waals surface area contributed by atoms with E-state index in [-0.39, 0.29) is 0 Å². The summed E-state index contributed by atoms with van der Waals surface area (Å²) < 4.78 is 0. The number of piperazine rings is 1. The lowest BCUT2D eigenvalue weighted by atomic mass is 9.95. The molecular weight excluding hydrogens is 264 g/mol. The summed E-state index contributed by atoms with van der Waals surface area (Å²) in [7, 11) is 0. The predicted octanol–water partition coefficient (Wildman–Crippen LogP) is 3.36. The van der Waals surface area contributed by atoms with Gasteiger partial charge in [0.2, 0.25) is 0 Å². The molecule has 0 unspecified atom stereocenters. The van der Waals surface area contributed by atoms with Gasteiger partial charge in [0.15, 0.2) is 0 Å². The Balaban J connectivity index is 2.03. The van der Waals surface area contributed by atoms with Crippen LogP contribution in [0.5, 0.6) is 0 Å². The summed E-state index contributed by atoms with van der Waals surface area (Å²) in [5, 5.41) is 5.64. The van der Waals surface area contributed by atoms with Gasteiger partial charge in [-0.25, -0.2) is 0 Å². The molecule has 0 aliphatic carbocycles. The molecule has 106 valence electrons. The lowest BCUT2D eigenvalue weighted by Crippen LogP contribution is -2.45. The molecule has 1 N–H and O–H groups in total. The Morgan fingerprint density at radius 3 is 2.60 bits per heavy atom. The van der Waals surface area contributed by atoms with Crippen LogP contribution in [0, 0.1) is 13.8 Å². The first-order valence-corrected chi connectivity index (χ1v) is 8.19. The Labute approximate surface area is 125 Å². The average Bonchev–Trinajstić information content (AvgIpc) is 2.99. The SMILES string of the molecule is Cc1cccc([C@@H](c2cccs2)N2CCNCC2)c1C. The van der Waals surface area contributed by atoms with Crippen LogP contribution in [0.1, 0.15) is 27.6 Å². The highest BCUT2D eigenvalue weighted by Crippen LogP contribution is 2.34. The second-order valence-corrected chi connectivity index (χ2v) is 6.47. The van der Waals surface area contributed by atoms with E-state index >= 15 is 0 Å². The smallest absolute Gasteiger partial charge is 0.0699 e. The normalized spacial score (nSPS) is 18.1. The highest BCUT2D eigenvalue weighted by atomic mass is 32.1. The summed E-state index contributed by atoms with van der Waals surface area (Å²) in [6.07, 6.45) is 0. The number of rotatable bonds is 3. The van der Waals surface area contributed by atoms with Crippen LogP contribution in [0.3, 0.4) is 0 Å². The van der Waals surface area contributed by atoms with Crippen LogP contribution in [0.2, 0.25) is 0 Å². The molecule has 3 heteroatoms. The molecule has 1 saturated heterocycles. The summed E-state index contributed by atoms with van der Waals surface area (Å²) in [5.74, 6) is 0. The third-order valence-corrected chi connectivity index (χ3v) is 5.20. The first kappa shape index (κ1) is 13.8. The van der Waals surface area contributed by atoms with Crippen molar-refractivity contribution in [1.29, 1.82) is 0 Å². The molecule has 1 aromatic heterocycles. The van der Waals surface area contributed by atoms with Crippen molar-refractivity contribution >= 4 is 11.3 Å². The third-order valence-electron chi connectivity index (χ3n) is 4.27. The largest absolute Gasteiger partial charge is 0.314 e. The number of aryl methyl sites for hydroxylation is 1. The van der Waals surface area contributed by atoms with E-state index in [2.05, 4.69) is 59.8 Å². The molecular formula is C17H22N2S. The molecule has 1 aromatic carbocycles. The van der Waals surface area contributed by atoms with Gasteiger partial charge in [-0.3, -0.25) is 4.90 Å². The zero-order valence-corrected chi connectivity index (χ0v) is 13.0. The monoisotopic (exact) mass is 286 g/mol. The highest BCUT2D eigenvalue weighted by Gasteiger charge is 2.25. The van der Waals surface area contributed by atoms with Crippen LogP contribution in [-0.4, -0.2) is 31.1 Å². The minimum Gasteiger partial charge on any atom is -0.314 e. The molecule has 1 aliphatic heterocycles. The van der Waals surface area contributed by atoms with Crippen LogP contribution < -0.4 is 5.32 Å². The van der Waals surface area contributed by atoms with E-state index in [0.717, 1.165) is 26.2 Å². The third kappa shape index (κ3) is 2.66. The van der Waals surface area contributed by atoms with Crippen LogP contribution in [-0.2, 0) is 0 Å². The topological polar surface area (TPSA) is 15.3 Å². The Kier molecular flexibility index (Phi) is 4.20. The molecule has 20 heavy (non-hydrogen) atoms. The summed E-state index contributed by atoms with van der Waals surface area (Å²) in [5.41, 5.74) is 4.29. The van der Waals surface area contributed by atoms with Crippen molar-refractivity contribution in [2.24, 2.45) is 0 Å². The summed E-state index contributed by atoms with van der Waals surface area (Å²) in [6.45, 7) is 8.89. The molecule has 1 atom stereocenters. The number of benzene rings is 1. The van der Waals surface area contributed by atoms with Gasteiger partial charge in [0, 0.05) is 31.1 Å². The van der Waals surface area contributed by atoms with Crippen molar-refractivity contribution in [1.82, 2.24) is 10.2 Å². The van der Waals surface area contributed by atoms with Crippen LogP contribution in [0.15, 0.2) is 35.7 Å². The van der Waals surface area contributed by atoms with Crippen molar-refractivity contribution in [3.05, 3.63) is 57.3 Å². The van der Waals surface area contributed by atoms with Gasteiger partial charge in [0.05, 0.1) is 6.04 Å². The molecule has 0 radical (unpaired) electrons. The fraction of sp³-hybridized carbons (Fsp3) is 0.412. The van der Waals surface area contributed by atoms with Gasteiger partial charge in [0.25, 0.3) is 0 Å². The Morgan fingerprint density at radius 2 is 1.90 bits per heavy atom. The number of hydrogen-bond acceptors (Lipinski definition) is 3. The number of hydrogen-bond donors (Lipinski definition) is 1. The van der Waals surface area contributed by atoms with E-state index in [0.29, 0.717) is 6.04 Å². The van der Waals surface area contributed by atoms with Crippen molar-refractivity contribution in [3.8, 4) is 0 Å². The Bertz CT molecular complexity index is 556. The standard InChI is InChI=1S/C17H22N2S/c1-13-5-3-6-15(14(13)2)17(16-7-4-12-20-16)19-10-8-18-9-11-19/h3-7,12,17-18H,8-11H2,1-2H3/t17-/m0/s1. The van der Waals surface area contributed by atoms with E-state index in [1.165, 1.54) is 21.6 Å². The fourth-order valence-electron chi connectivity index (χ4n) is 2.99. The summed E-state index contributed by atoms with van der Waals surface area (Å²) >= 11 is 1.87. The molecule has 0 bridgehead atoms.